The third-order valence-electron chi connectivity index (χ3n) is 2.11. The third kappa shape index (κ3) is 2.11. The smallest absolute Gasteiger partial charge is 0.290 e. The molecule has 0 amide bonds. The van der Waals surface area contributed by atoms with Gasteiger partial charge in [-0.15, -0.1) is 11.3 Å². The average molecular weight is 236 g/mol. The zero-order chi connectivity index (χ0) is 11.6. The molecular weight excluding hydrogens is 224 g/mol. The summed E-state index contributed by atoms with van der Waals surface area (Å²) in [6, 6.07) is 0. The molecule has 0 radical (unpaired) electrons. The van der Waals surface area contributed by atoms with Gasteiger partial charge in [0.05, 0.1) is 5.54 Å². The average Bonchev–Trinajstić information content (AvgIpc) is 2.75. The molecule has 0 spiro atoms. The van der Waals surface area contributed by atoms with Crippen molar-refractivity contribution in [3.8, 4) is 0 Å². The lowest BCUT2D eigenvalue weighted by atomic mass is 10.1. The molecule has 0 saturated heterocycles. The second-order valence-electron chi connectivity index (χ2n) is 3.85. The predicted molar refractivity (Wildman–Crippen MR) is 63.6 cm³/mol. The molecule has 0 atom stereocenters. The first-order chi connectivity index (χ1) is 7.59. The van der Waals surface area contributed by atoms with Crippen LogP contribution in [0, 0.1) is 0 Å². The van der Waals surface area contributed by atoms with Crippen LogP contribution in [0.4, 0.5) is 5.82 Å². The minimum Gasteiger partial charge on any atom is -0.354 e. The number of thiazole rings is 1. The van der Waals surface area contributed by atoms with Crippen LogP contribution in [0.3, 0.4) is 0 Å². The van der Waals surface area contributed by atoms with Crippen LogP contribution in [-0.2, 0) is 5.54 Å². The largest absolute Gasteiger partial charge is 0.354 e. The molecule has 2 rings (SSSR count). The van der Waals surface area contributed by atoms with Crippen molar-refractivity contribution < 1.29 is 0 Å². The van der Waals surface area contributed by atoms with E-state index in [1.165, 1.54) is 6.20 Å². The van der Waals surface area contributed by atoms with Gasteiger partial charge in [0.25, 0.3) is 5.56 Å². The van der Waals surface area contributed by atoms with E-state index in [1.807, 2.05) is 19.2 Å². The fraction of sp³-hybridized carbons (Fsp3) is 0.300. The Morgan fingerprint density at radius 3 is 2.81 bits per heavy atom. The molecule has 2 N–H and O–H groups in total. The minimum atomic E-state index is -0.407. The van der Waals surface area contributed by atoms with Crippen molar-refractivity contribution in [1.29, 1.82) is 0 Å². The zero-order valence-electron chi connectivity index (χ0n) is 9.02. The summed E-state index contributed by atoms with van der Waals surface area (Å²) in [7, 11) is 0. The molecule has 0 fully saturated rings. The van der Waals surface area contributed by atoms with Crippen molar-refractivity contribution >= 4 is 17.2 Å². The number of aromatic amines is 1. The summed E-state index contributed by atoms with van der Waals surface area (Å²) < 4.78 is 0. The normalized spacial score (nSPS) is 11.4. The maximum atomic E-state index is 11.5. The summed E-state index contributed by atoms with van der Waals surface area (Å²) in [6.45, 7) is 3.92. The monoisotopic (exact) mass is 236 g/mol. The Bertz CT molecular complexity index is 518. The quantitative estimate of drug-likeness (QED) is 0.848. The zero-order valence-corrected chi connectivity index (χ0v) is 9.84. The number of hydrogen-bond acceptors (Lipinski definition) is 5. The third-order valence-corrected chi connectivity index (χ3v) is 3.20. The molecule has 0 bridgehead atoms. The Kier molecular flexibility index (Phi) is 2.74. The Balaban J connectivity index is 2.28. The van der Waals surface area contributed by atoms with E-state index < -0.39 is 5.54 Å². The molecule has 2 aromatic heterocycles. The van der Waals surface area contributed by atoms with E-state index in [9.17, 15) is 4.79 Å². The highest BCUT2D eigenvalue weighted by molar-refractivity contribution is 7.09. The SMILES string of the molecule is CC(C)(Nc1ncc[nH]c1=O)c1nccs1. The van der Waals surface area contributed by atoms with Gasteiger partial charge in [-0.2, -0.15) is 0 Å². The van der Waals surface area contributed by atoms with E-state index in [-0.39, 0.29) is 5.56 Å². The summed E-state index contributed by atoms with van der Waals surface area (Å²) in [6.07, 6.45) is 4.79. The number of nitrogens with zero attached hydrogens (tertiary/aromatic N) is 2. The Morgan fingerprint density at radius 1 is 1.38 bits per heavy atom. The van der Waals surface area contributed by atoms with Crippen molar-refractivity contribution in [1.82, 2.24) is 15.0 Å². The van der Waals surface area contributed by atoms with E-state index in [0.717, 1.165) is 5.01 Å². The molecule has 6 heteroatoms. The fourth-order valence-corrected chi connectivity index (χ4v) is 2.04. The van der Waals surface area contributed by atoms with E-state index in [0.29, 0.717) is 5.82 Å². The summed E-state index contributed by atoms with van der Waals surface area (Å²) in [5.41, 5.74) is -0.637. The van der Waals surface area contributed by atoms with Gasteiger partial charge in [-0.25, -0.2) is 9.97 Å². The number of H-pyrrole nitrogens is 1. The molecule has 0 aliphatic carbocycles. The Hall–Kier alpha value is -1.69. The first-order valence-electron chi connectivity index (χ1n) is 4.81. The molecule has 0 unspecified atom stereocenters. The number of aromatic nitrogens is 3. The van der Waals surface area contributed by atoms with E-state index in [4.69, 9.17) is 0 Å². The van der Waals surface area contributed by atoms with Gasteiger partial charge in [-0.05, 0) is 13.8 Å². The Labute approximate surface area is 96.6 Å². The summed E-state index contributed by atoms with van der Waals surface area (Å²) in [4.78, 5) is 22.3. The van der Waals surface area contributed by atoms with Crippen LogP contribution in [0.25, 0.3) is 0 Å². The molecule has 84 valence electrons. The molecule has 0 saturated carbocycles. The van der Waals surface area contributed by atoms with Crippen LogP contribution in [-0.4, -0.2) is 15.0 Å². The number of nitrogens with one attached hydrogen (secondary N) is 2. The molecular formula is C10H12N4OS. The summed E-state index contributed by atoms with van der Waals surface area (Å²) in [5.74, 6) is 0.308. The van der Waals surface area contributed by atoms with Crippen molar-refractivity contribution in [3.63, 3.8) is 0 Å². The maximum absolute atomic E-state index is 11.5. The van der Waals surface area contributed by atoms with Crippen LogP contribution in [0.5, 0.6) is 0 Å². The number of anilines is 1. The second-order valence-corrected chi connectivity index (χ2v) is 4.75. The van der Waals surface area contributed by atoms with Gasteiger partial charge in [0.2, 0.25) is 0 Å². The molecule has 0 aromatic carbocycles. The number of rotatable bonds is 3. The summed E-state index contributed by atoms with van der Waals surface area (Å²) >= 11 is 1.54. The second kappa shape index (κ2) is 4.05. The highest BCUT2D eigenvalue weighted by atomic mass is 32.1. The van der Waals surface area contributed by atoms with Crippen molar-refractivity contribution in [2.75, 3.05) is 5.32 Å². The van der Waals surface area contributed by atoms with Gasteiger partial charge >= 0.3 is 0 Å². The maximum Gasteiger partial charge on any atom is 0.290 e. The first kappa shape index (κ1) is 10.8. The van der Waals surface area contributed by atoms with Crippen LogP contribution < -0.4 is 10.9 Å². The van der Waals surface area contributed by atoms with Crippen molar-refractivity contribution in [2.45, 2.75) is 19.4 Å². The standard InChI is InChI=1S/C10H12N4OS/c1-10(2,9-13-5-6-16-9)14-7-8(15)12-4-3-11-7/h3-6H,1-2H3,(H,11,14)(H,12,15). The first-order valence-corrected chi connectivity index (χ1v) is 5.69. The van der Waals surface area contributed by atoms with Crippen LogP contribution in [0.2, 0.25) is 0 Å². The highest BCUT2D eigenvalue weighted by Crippen LogP contribution is 2.24. The highest BCUT2D eigenvalue weighted by Gasteiger charge is 2.24. The lowest BCUT2D eigenvalue weighted by molar-refractivity contribution is 0.599. The van der Waals surface area contributed by atoms with Gasteiger partial charge in [-0.1, -0.05) is 0 Å². The molecule has 16 heavy (non-hydrogen) atoms. The number of hydrogen-bond donors (Lipinski definition) is 2. The topological polar surface area (TPSA) is 70.7 Å². The molecule has 5 nitrogen and oxygen atoms in total. The van der Waals surface area contributed by atoms with Gasteiger partial charge in [0, 0.05) is 24.0 Å². The van der Waals surface area contributed by atoms with E-state index in [1.54, 1.807) is 23.7 Å². The molecule has 0 aliphatic heterocycles. The molecule has 2 aromatic rings. The summed E-state index contributed by atoms with van der Waals surface area (Å²) in [5, 5.41) is 5.90. The molecule has 2 heterocycles. The van der Waals surface area contributed by atoms with Crippen LogP contribution in [0.1, 0.15) is 18.9 Å². The predicted octanol–water partition coefficient (Wildman–Crippen LogP) is 1.57. The lowest BCUT2D eigenvalue weighted by Crippen LogP contribution is -2.31. The molecule has 0 aliphatic rings. The van der Waals surface area contributed by atoms with E-state index in [2.05, 4.69) is 20.3 Å². The van der Waals surface area contributed by atoms with Crippen molar-refractivity contribution in [2.24, 2.45) is 0 Å². The van der Waals surface area contributed by atoms with Gasteiger partial charge in [0.1, 0.15) is 5.01 Å². The van der Waals surface area contributed by atoms with Crippen LogP contribution in [0.15, 0.2) is 28.8 Å². The minimum absolute atomic E-state index is 0.230. The van der Waals surface area contributed by atoms with Gasteiger partial charge in [0.15, 0.2) is 5.82 Å². The Morgan fingerprint density at radius 2 is 2.19 bits per heavy atom. The fourth-order valence-electron chi connectivity index (χ4n) is 1.32. The van der Waals surface area contributed by atoms with Crippen LogP contribution >= 0.6 is 11.3 Å². The van der Waals surface area contributed by atoms with E-state index >= 15 is 0 Å². The van der Waals surface area contributed by atoms with Gasteiger partial charge < -0.3 is 10.3 Å². The van der Waals surface area contributed by atoms with Gasteiger partial charge in [-0.3, -0.25) is 4.79 Å². The lowest BCUT2D eigenvalue weighted by Gasteiger charge is -2.23. The van der Waals surface area contributed by atoms with Crippen molar-refractivity contribution in [3.05, 3.63) is 39.3 Å².